The van der Waals surface area contributed by atoms with Gasteiger partial charge in [-0.25, -0.2) is 9.18 Å². The molecular weight excluding hydrogens is 353 g/mol. The van der Waals surface area contributed by atoms with E-state index >= 15 is 0 Å². The van der Waals surface area contributed by atoms with Gasteiger partial charge in [0.15, 0.2) is 0 Å². The molecule has 0 aliphatic carbocycles. The summed E-state index contributed by atoms with van der Waals surface area (Å²) in [6, 6.07) is 13.1. The number of imidazole rings is 1. The number of aromatic nitrogens is 2. The zero-order valence-corrected chi connectivity index (χ0v) is 14.3. The number of hydrogen-bond donors (Lipinski definition) is 3. The van der Waals surface area contributed by atoms with Gasteiger partial charge < -0.3 is 20.1 Å². The minimum atomic E-state index is -0.542. The van der Waals surface area contributed by atoms with Crippen LogP contribution in [0.5, 0.6) is 17.4 Å². The van der Waals surface area contributed by atoms with Crippen LogP contribution in [0.25, 0.3) is 0 Å². The van der Waals surface area contributed by atoms with E-state index in [1.807, 2.05) is 12.1 Å². The van der Waals surface area contributed by atoms with Crippen LogP contribution in [0.4, 0.5) is 4.39 Å². The van der Waals surface area contributed by atoms with E-state index < -0.39 is 5.69 Å². The smallest absolute Gasteiger partial charge is 0.328 e. The molecule has 7 nitrogen and oxygen atoms in total. The Bertz CT molecular complexity index is 962. The highest BCUT2D eigenvalue weighted by atomic mass is 19.1. The normalized spacial score (nSPS) is 10.6. The molecule has 0 saturated heterocycles. The van der Waals surface area contributed by atoms with E-state index in [0.717, 1.165) is 16.3 Å². The Morgan fingerprint density at radius 1 is 1.11 bits per heavy atom. The van der Waals surface area contributed by atoms with Crippen LogP contribution in [0.1, 0.15) is 5.56 Å². The summed E-state index contributed by atoms with van der Waals surface area (Å²) in [7, 11) is 0. The molecule has 0 aliphatic rings. The number of amides is 1. The Hall–Kier alpha value is -3.55. The van der Waals surface area contributed by atoms with Crippen LogP contribution in [-0.4, -0.2) is 27.1 Å². The number of carbonyl (C=O) groups is 1. The average Bonchev–Trinajstić information content (AvgIpc) is 2.97. The second-order valence-corrected chi connectivity index (χ2v) is 5.84. The Kier molecular flexibility index (Phi) is 5.55. The summed E-state index contributed by atoms with van der Waals surface area (Å²) >= 11 is 0. The first-order valence-electron chi connectivity index (χ1n) is 8.27. The predicted molar refractivity (Wildman–Crippen MR) is 96.3 cm³/mol. The predicted octanol–water partition coefficient (Wildman–Crippen LogP) is 2.17. The maximum atomic E-state index is 12.9. The zero-order chi connectivity index (χ0) is 19.2. The van der Waals surface area contributed by atoms with Crippen LogP contribution >= 0.6 is 0 Å². The van der Waals surface area contributed by atoms with Crippen molar-refractivity contribution in [1.29, 1.82) is 0 Å². The number of halogens is 1. The lowest BCUT2D eigenvalue weighted by Crippen LogP contribution is -2.32. The lowest BCUT2D eigenvalue weighted by molar-refractivity contribution is -0.121. The summed E-state index contributed by atoms with van der Waals surface area (Å²) in [6.07, 6.45) is 1.72. The van der Waals surface area contributed by atoms with Gasteiger partial charge in [0.25, 0.3) is 0 Å². The van der Waals surface area contributed by atoms with Gasteiger partial charge >= 0.3 is 5.69 Å². The minimum absolute atomic E-state index is 0.251. The number of nitrogens with one attached hydrogen (secondary N) is 2. The molecule has 140 valence electrons. The van der Waals surface area contributed by atoms with Gasteiger partial charge in [-0.05, 0) is 48.4 Å². The molecular formula is C19H18FN3O4. The molecule has 0 atom stereocenters. The second kappa shape index (κ2) is 8.22. The first-order valence-corrected chi connectivity index (χ1v) is 8.27. The fraction of sp³-hybridized carbons (Fsp3) is 0.158. The molecule has 0 unspecified atom stereocenters. The molecule has 8 heteroatoms. The summed E-state index contributed by atoms with van der Waals surface area (Å²) in [6.45, 7) is 0.134. The Labute approximate surface area is 154 Å². The number of benzene rings is 2. The van der Waals surface area contributed by atoms with Crippen LogP contribution < -0.4 is 15.7 Å². The molecule has 0 spiro atoms. The van der Waals surface area contributed by atoms with Crippen molar-refractivity contribution in [3.8, 4) is 17.4 Å². The van der Waals surface area contributed by atoms with Gasteiger partial charge in [-0.15, -0.1) is 0 Å². The molecule has 0 aliphatic heterocycles. The van der Waals surface area contributed by atoms with Crippen molar-refractivity contribution >= 4 is 5.91 Å². The largest absolute Gasteiger partial charge is 0.493 e. The van der Waals surface area contributed by atoms with Crippen LogP contribution in [0.2, 0.25) is 0 Å². The SMILES string of the molecule is O=C(Cn1c(O)c[nH]c1=O)NCCc1ccc(Oc2ccc(F)cc2)cc1. The molecule has 0 saturated carbocycles. The van der Waals surface area contributed by atoms with Gasteiger partial charge in [0.05, 0.1) is 6.20 Å². The highest BCUT2D eigenvalue weighted by molar-refractivity contribution is 5.75. The molecule has 3 N–H and O–H groups in total. The van der Waals surface area contributed by atoms with E-state index in [0.29, 0.717) is 24.5 Å². The monoisotopic (exact) mass is 371 g/mol. The fourth-order valence-corrected chi connectivity index (χ4v) is 2.45. The van der Waals surface area contributed by atoms with Crippen LogP contribution in [0, 0.1) is 5.82 Å². The lowest BCUT2D eigenvalue weighted by atomic mass is 10.1. The number of carbonyl (C=O) groups excluding carboxylic acids is 1. The summed E-state index contributed by atoms with van der Waals surface area (Å²) in [5.41, 5.74) is 0.447. The van der Waals surface area contributed by atoms with Gasteiger partial charge in [0.2, 0.25) is 11.8 Å². The number of hydrogen-bond acceptors (Lipinski definition) is 4. The van der Waals surface area contributed by atoms with E-state index in [1.54, 1.807) is 24.3 Å². The summed E-state index contributed by atoms with van der Waals surface area (Å²) < 4.78 is 19.4. The van der Waals surface area contributed by atoms with Crippen LogP contribution in [0.15, 0.2) is 59.5 Å². The first-order chi connectivity index (χ1) is 13.0. The van der Waals surface area contributed by atoms with Crippen molar-refractivity contribution < 1.29 is 19.0 Å². The fourth-order valence-electron chi connectivity index (χ4n) is 2.45. The van der Waals surface area contributed by atoms with E-state index in [2.05, 4.69) is 10.3 Å². The highest BCUT2D eigenvalue weighted by Gasteiger charge is 2.09. The second-order valence-electron chi connectivity index (χ2n) is 5.84. The number of nitrogens with zero attached hydrogens (tertiary/aromatic N) is 1. The van der Waals surface area contributed by atoms with Crippen molar-refractivity contribution in [2.45, 2.75) is 13.0 Å². The molecule has 1 amide bonds. The number of aromatic amines is 1. The van der Waals surface area contributed by atoms with Crippen molar-refractivity contribution in [3.05, 3.63) is 76.6 Å². The van der Waals surface area contributed by atoms with Crippen molar-refractivity contribution in [2.75, 3.05) is 6.54 Å². The third kappa shape index (κ3) is 4.97. The average molecular weight is 371 g/mol. The van der Waals surface area contributed by atoms with E-state index in [-0.39, 0.29) is 24.1 Å². The molecule has 1 heterocycles. The lowest BCUT2D eigenvalue weighted by Gasteiger charge is -2.08. The third-order valence-electron chi connectivity index (χ3n) is 3.86. The summed E-state index contributed by atoms with van der Waals surface area (Å²) in [5.74, 6) is 0.183. The van der Waals surface area contributed by atoms with Gasteiger partial charge in [-0.1, -0.05) is 12.1 Å². The van der Waals surface area contributed by atoms with E-state index in [1.165, 1.54) is 12.1 Å². The van der Waals surface area contributed by atoms with Crippen molar-refractivity contribution in [1.82, 2.24) is 14.9 Å². The minimum Gasteiger partial charge on any atom is -0.493 e. The molecule has 27 heavy (non-hydrogen) atoms. The molecule has 0 fully saturated rings. The maximum absolute atomic E-state index is 12.9. The quantitative estimate of drug-likeness (QED) is 0.593. The first kappa shape index (κ1) is 18.2. The molecule has 3 rings (SSSR count). The molecule has 2 aromatic carbocycles. The Balaban J connectivity index is 1.46. The maximum Gasteiger partial charge on any atom is 0.328 e. The van der Waals surface area contributed by atoms with Gasteiger partial charge in [-0.2, -0.15) is 0 Å². The number of aromatic hydroxyl groups is 1. The van der Waals surface area contributed by atoms with Gasteiger partial charge in [0, 0.05) is 6.54 Å². The number of ether oxygens (including phenoxy) is 1. The van der Waals surface area contributed by atoms with Crippen molar-refractivity contribution in [2.24, 2.45) is 0 Å². The number of rotatable bonds is 7. The highest BCUT2D eigenvalue weighted by Crippen LogP contribution is 2.21. The third-order valence-corrected chi connectivity index (χ3v) is 3.86. The van der Waals surface area contributed by atoms with E-state index in [9.17, 15) is 19.1 Å². The molecule has 3 aromatic rings. The van der Waals surface area contributed by atoms with E-state index in [4.69, 9.17) is 4.74 Å². The molecule has 0 bridgehead atoms. The summed E-state index contributed by atoms with van der Waals surface area (Å²) in [5, 5.41) is 12.1. The van der Waals surface area contributed by atoms with Gasteiger partial charge in [0.1, 0.15) is 23.9 Å². The number of H-pyrrole nitrogens is 1. The molecule has 0 radical (unpaired) electrons. The van der Waals surface area contributed by atoms with Gasteiger partial charge in [-0.3, -0.25) is 9.36 Å². The van der Waals surface area contributed by atoms with Crippen LogP contribution in [0.3, 0.4) is 0 Å². The van der Waals surface area contributed by atoms with Crippen molar-refractivity contribution in [3.63, 3.8) is 0 Å². The topological polar surface area (TPSA) is 96.4 Å². The Morgan fingerprint density at radius 3 is 2.33 bits per heavy atom. The Morgan fingerprint density at radius 2 is 1.74 bits per heavy atom. The molecule has 1 aromatic heterocycles. The zero-order valence-electron chi connectivity index (χ0n) is 14.3. The standard InChI is InChI=1S/C19H18FN3O4/c20-14-3-7-16(8-4-14)27-15-5-1-13(2-6-15)9-10-21-17(24)12-23-18(25)11-22-19(23)26/h1-8,11,25H,9-10,12H2,(H,21,24)(H,22,26). The van der Waals surface area contributed by atoms with Crippen LogP contribution in [-0.2, 0) is 17.8 Å². The summed E-state index contributed by atoms with van der Waals surface area (Å²) in [4.78, 5) is 25.5.